The average Bonchev–Trinajstić information content (AvgIpc) is 2.44. The molecule has 0 aliphatic heterocycles. The van der Waals surface area contributed by atoms with Gasteiger partial charge in [-0.05, 0) is 48.3 Å². The summed E-state index contributed by atoms with van der Waals surface area (Å²) in [6, 6.07) is 5.35. The van der Waals surface area contributed by atoms with Crippen molar-refractivity contribution in [1.29, 1.82) is 0 Å². The van der Waals surface area contributed by atoms with Crippen LogP contribution in [0.1, 0.15) is 31.9 Å². The summed E-state index contributed by atoms with van der Waals surface area (Å²) in [7, 11) is -2.46. The summed E-state index contributed by atoms with van der Waals surface area (Å²) >= 11 is 0. The first-order valence-electron chi connectivity index (χ1n) is 6.99. The second-order valence-electron chi connectivity index (χ2n) is 6.15. The van der Waals surface area contributed by atoms with E-state index in [0.29, 0.717) is 5.57 Å². The zero-order valence-electron chi connectivity index (χ0n) is 13.1. The number of hydrogen-bond donors (Lipinski definition) is 2. The molecule has 1 aliphatic rings. The summed E-state index contributed by atoms with van der Waals surface area (Å²) in [6.45, 7) is 7.50. The molecule has 0 radical (unpaired) electrons. The summed E-state index contributed by atoms with van der Waals surface area (Å²) in [6.07, 6.45) is 2.27. The van der Waals surface area contributed by atoms with Gasteiger partial charge in [0.15, 0.2) is 0 Å². The highest BCUT2D eigenvalue weighted by Crippen LogP contribution is 2.36. The van der Waals surface area contributed by atoms with Crippen LogP contribution in [-0.2, 0) is 15.7 Å². The van der Waals surface area contributed by atoms with Gasteiger partial charge in [0.1, 0.15) is 16.7 Å². The zero-order valence-corrected chi connectivity index (χ0v) is 13.9. The number of aryl methyl sites for hydroxylation is 1. The lowest BCUT2D eigenvalue weighted by Gasteiger charge is -2.31. The van der Waals surface area contributed by atoms with Crippen LogP contribution in [0.4, 0.5) is 0 Å². The molecule has 4 nitrogen and oxygen atoms in total. The van der Waals surface area contributed by atoms with E-state index in [4.69, 9.17) is 0 Å². The highest BCUT2D eigenvalue weighted by Gasteiger charge is 2.30. The summed E-state index contributed by atoms with van der Waals surface area (Å²) < 4.78 is 22.6. The minimum absolute atomic E-state index is 0.0152. The topological polar surface area (TPSA) is 74.6 Å². The van der Waals surface area contributed by atoms with Gasteiger partial charge in [-0.2, -0.15) is 8.42 Å². The van der Waals surface area contributed by atoms with Crippen LogP contribution >= 0.6 is 0 Å². The van der Waals surface area contributed by atoms with Crippen LogP contribution < -0.4 is 0 Å². The lowest BCUT2D eigenvalue weighted by atomic mass is 9.74. The van der Waals surface area contributed by atoms with E-state index in [1.165, 1.54) is 6.08 Å². The van der Waals surface area contributed by atoms with Crippen molar-refractivity contribution in [3.8, 4) is 5.75 Å². The molecule has 0 bridgehead atoms. The predicted molar refractivity (Wildman–Crippen MR) is 87.6 cm³/mol. The first kappa shape index (κ1) is 16.5. The molecule has 0 heterocycles. The summed E-state index contributed by atoms with van der Waals surface area (Å²) in [4.78, 5) is -0.0152. The van der Waals surface area contributed by atoms with Crippen LogP contribution in [0.15, 0.2) is 41.5 Å². The molecular weight excluding hydrogens is 300 g/mol. The molecule has 0 spiro atoms. The van der Waals surface area contributed by atoms with Gasteiger partial charge < -0.3 is 10.2 Å². The van der Waals surface area contributed by atoms with Gasteiger partial charge in [0.05, 0.1) is 0 Å². The van der Waals surface area contributed by atoms with Crippen LogP contribution in [-0.4, -0.2) is 29.6 Å². The van der Waals surface area contributed by atoms with Crippen LogP contribution in [0.2, 0.25) is 0 Å². The zero-order chi connectivity index (χ0) is 16.7. The van der Waals surface area contributed by atoms with Crippen LogP contribution in [0.5, 0.6) is 5.75 Å². The fourth-order valence-corrected chi connectivity index (χ4v) is 3.12. The van der Waals surface area contributed by atoms with Gasteiger partial charge in [-0.1, -0.05) is 32.1 Å². The Hall–Kier alpha value is -1.85. The maximum Gasteiger partial charge on any atom is 0.220 e. The van der Waals surface area contributed by atoms with Gasteiger partial charge in [0, 0.05) is 5.41 Å². The molecule has 0 saturated heterocycles. The minimum Gasteiger partial charge on any atom is -0.508 e. The number of hydrogen-bond acceptors (Lipinski definition) is 4. The Morgan fingerprint density at radius 2 is 1.77 bits per heavy atom. The Kier molecular flexibility index (Phi) is 4.31. The van der Waals surface area contributed by atoms with Gasteiger partial charge in [0.25, 0.3) is 0 Å². The maximum atomic E-state index is 11.3. The predicted octanol–water partition coefficient (Wildman–Crippen LogP) is 2.28. The molecule has 2 N–H and O–H groups in total. The first-order valence-corrected chi connectivity index (χ1v) is 8.06. The Labute approximate surface area is 132 Å². The molecule has 0 aromatic heterocycles. The largest absolute Gasteiger partial charge is 0.508 e. The van der Waals surface area contributed by atoms with Crippen molar-refractivity contribution >= 4 is 15.2 Å². The second kappa shape index (κ2) is 5.74. The third-order valence-electron chi connectivity index (χ3n) is 4.21. The second-order valence-corrected chi connectivity index (χ2v) is 7.09. The fourth-order valence-electron chi connectivity index (χ4n) is 2.53. The van der Waals surface area contributed by atoms with Crippen molar-refractivity contribution in [3.63, 3.8) is 0 Å². The Morgan fingerprint density at radius 1 is 1.14 bits per heavy atom. The molecule has 0 amide bonds. The van der Waals surface area contributed by atoms with E-state index >= 15 is 0 Å². The highest BCUT2D eigenvalue weighted by molar-refractivity contribution is 7.73. The normalized spacial score (nSPS) is 18.8. The van der Waals surface area contributed by atoms with Crippen molar-refractivity contribution in [2.24, 2.45) is 0 Å². The third-order valence-corrected chi connectivity index (χ3v) is 4.94. The number of phenols is 1. The Balaban J connectivity index is 2.60. The van der Waals surface area contributed by atoms with Crippen molar-refractivity contribution in [2.45, 2.75) is 39.2 Å². The van der Waals surface area contributed by atoms with Gasteiger partial charge in [-0.15, -0.1) is 0 Å². The molecule has 1 aliphatic carbocycles. The average molecular weight is 320 g/mol. The smallest absolute Gasteiger partial charge is 0.220 e. The van der Waals surface area contributed by atoms with E-state index in [1.54, 1.807) is 13.0 Å². The number of allylic oxidation sites excluding steroid dienone is 2. The van der Waals surface area contributed by atoms with E-state index in [-0.39, 0.29) is 10.6 Å². The van der Waals surface area contributed by atoms with Gasteiger partial charge in [-0.25, -0.2) is 0 Å². The number of aromatic hydroxyl groups is 1. The van der Waals surface area contributed by atoms with E-state index in [2.05, 4.69) is 0 Å². The molecule has 1 aromatic carbocycles. The monoisotopic (exact) mass is 320 g/mol. The summed E-state index contributed by atoms with van der Waals surface area (Å²) in [5.74, 6) is 0.229. The molecular formula is C17H20O4S. The summed E-state index contributed by atoms with van der Waals surface area (Å²) in [5.41, 5.74) is 2.68. The molecule has 2 rings (SSSR count). The molecule has 22 heavy (non-hydrogen) atoms. The number of aliphatic hydroxyl groups excluding tert-OH is 1. The molecule has 1 unspecified atom stereocenters. The molecule has 0 saturated carbocycles. The summed E-state index contributed by atoms with van der Waals surface area (Å²) in [5, 5.41) is 19.6. The van der Waals surface area contributed by atoms with Gasteiger partial charge >= 0.3 is 0 Å². The van der Waals surface area contributed by atoms with Gasteiger partial charge in [0.2, 0.25) is 10.3 Å². The lowest BCUT2D eigenvalue weighted by molar-refractivity contribution is 0.278. The molecule has 5 heteroatoms. The van der Waals surface area contributed by atoms with Gasteiger partial charge in [-0.3, -0.25) is 0 Å². The van der Waals surface area contributed by atoms with E-state index in [0.717, 1.165) is 16.7 Å². The molecule has 118 valence electrons. The van der Waals surface area contributed by atoms with Crippen LogP contribution in [0, 0.1) is 6.92 Å². The van der Waals surface area contributed by atoms with E-state index in [1.807, 2.05) is 39.0 Å². The minimum atomic E-state index is -2.46. The Bertz CT molecular complexity index is 803. The van der Waals surface area contributed by atoms with Crippen molar-refractivity contribution in [1.82, 2.24) is 0 Å². The van der Waals surface area contributed by atoms with Crippen LogP contribution in [0.3, 0.4) is 0 Å². The molecule has 1 aromatic rings. The highest BCUT2D eigenvalue weighted by atomic mass is 32.2. The third kappa shape index (κ3) is 2.87. The maximum absolute atomic E-state index is 11.3. The van der Waals surface area contributed by atoms with E-state index < -0.39 is 21.8 Å². The molecule has 0 fully saturated rings. The number of aliphatic hydroxyl groups is 1. The van der Waals surface area contributed by atoms with Crippen molar-refractivity contribution < 1.29 is 18.6 Å². The molecule has 1 atom stereocenters. The quantitative estimate of drug-likeness (QED) is 0.820. The van der Waals surface area contributed by atoms with Crippen molar-refractivity contribution in [2.75, 3.05) is 0 Å². The standard InChI is InChI=1S/C17H20O4S/c1-10-7-12(5-6-14(10)18)17(3,4)13-8-11(2)16(19)15(9-13)22(20)21/h5-9,16,18-19H,1-4H3. The van der Waals surface area contributed by atoms with E-state index in [9.17, 15) is 18.6 Å². The number of phenolic OH excluding ortho intramolecular Hbond substituents is 1. The Morgan fingerprint density at radius 3 is 2.32 bits per heavy atom. The SMILES string of the molecule is CC1=CC(C(C)(C)c2ccc(O)c(C)c2)=CC(=S(=O)=O)C1O. The van der Waals surface area contributed by atoms with Crippen molar-refractivity contribution in [3.05, 3.63) is 52.6 Å². The number of benzene rings is 1. The first-order chi connectivity index (χ1) is 10.1. The fraction of sp³-hybridized carbons (Fsp3) is 0.353. The number of rotatable bonds is 2. The lowest BCUT2D eigenvalue weighted by Crippen LogP contribution is -2.29. The van der Waals surface area contributed by atoms with Crippen LogP contribution in [0.25, 0.3) is 0 Å².